The van der Waals surface area contributed by atoms with E-state index >= 15 is 0 Å². The number of carbonyl (C=O) groups is 3. The van der Waals surface area contributed by atoms with Gasteiger partial charge in [0.15, 0.2) is 0 Å². The van der Waals surface area contributed by atoms with Gasteiger partial charge in [-0.2, -0.15) is 0 Å². The molecule has 29 heavy (non-hydrogen) atoms. The summed E-state index contributed by atoms with van der Waals surface area (Å²) in [5.41, 5.74) is 4.62. The van der Waals surface area contributed by atoms with Crippen LogP contribution in [-0.4, -0.2) is 42.3 Å². The van der Waals surface area contributed by atoms with Crippen LogP contribution in [0.1, 0.15) is 36.8 Å². The number of hydrogen-bond donors (Lipinski definition) is 3. The third-order valence-corrected chi connectivity index (χ3v) is 4.94. The van der Waals surface area contributed by atoms with E-state index in [1.807, 2.05) is 24.3 Å². The van der Waals surface area contributed by atoms with Crippen LogP contribution < -0.4 is 10.6 Å². The number of benzene rings is 2. The minimum absolute atomic E-state index is 0.00330. The van der Waals surface area contributed by atoms with Crippen LogP contribution in [0.15, 0.2) is 48.5 Å². The number of aliphatic carboxylic acids is 1. The summed E-state index contributed by atoms with van der Waals surface area (Å²) in [5.74, 6) is -1.46. The number of nitrogens with one attached hydrogen (secondary N) is 2. The summed E-state index contributed by atoms with van der Waals surface area (Å²) in [7, 11) is 0. The Morgan fingerprint density at radius 3 is 2.21 bits per heavy atom. The van der Waals surface area contributed by atoms with Gasteiger partial charge in [0.05, 0.1) is 0 Å². The maximum absolute atomic E-state index is 12.0. The molecule has 0 unspecified atom stereocenters. The fraction of sp³-hybridized carbons (Fsp3) is 0.318. The first-order valence-electron chi connectivity index (χ1n) is 9.58. The third kappa shape index (κ3) is 4.93. The first-order valence-corrected chi connectivity index (χ1v) is 9.58. The van der Waals surface area contributed by atoms with Crippen molar-refractivity contribution < 1.29 is 24.2 Å². The molecule has 0 radical (unpaired) electrons. The van der Waals surface area contributed by atoms with E-state index in [4.69, 9.17) is 9.84 Å². The van der Waals surface area contributed by atoms with E-state index in [0.717, 1.165) is 11.1 Å². The van der Waals surface area contributed by atoms with Gasteiger partial charge in [-0.15, -0.1) is 0 Å². The molecule has 2 aromatic carbocycles. The lowest BCUT2D eigenvalue weighted by Crippen LogP contribution is -2.38. The largest absolute Gasteiger partial charge is 0.480 e. The van der Waals surface area contributed by atoms with Crippen molar-refractivity contribution in [2.75, 3.05) is 13.2 Å². The van der Waals surface area contributed by atoms with Gasteiger partial charge >= 0.3 is 12.1 Å². The number of carboxylic acid groups (broad SMARTS) is 1. The summed E-state index contributed by atoms with van der Waals surface area (Å²) < 4.78 is 5.41. The molecular formula is C22H24N2O5. The second-order valence-electron chi connectivity index (χ2n) is 6.98. The molecule has 7 heteroatoms. The first-order chi connectivity index (χ1) is 14.0. The number of amides is 2. The molecule has 152 valence electrons. The van der Waals surface area contributed by atoms with Crippen molar-refractivity contribution in [2.24, 2.45) is 0 Å². The van der Waals surface area contributed by atoms with E-state index in [1.54, 1.807) is 0 Å². The topological polar surface area (TPSA) is 105 Å². The number of carbonyl (C=O) groups excluding carboxylic acids is 2. The number of ether oxygens (including phenoxy) is 1. The highest BCUT2D eigenvalue weighted by Gasteiger charge is 2.28. The molecular weight excluding hydrogens is 372 g/mol. The van der Waals surface area contributed by atoms with Crippen LogP contribution in [0.4, 0.5) is 4.79 Å². The Hall–Kier alpha value is -3.35. The maximum Gasteiger partial charge on any atom is 0.407 e. The van der Waals surface area contributed by atoms with Crippen LogP contribution in [-0.2, 0) is 14.3 Å². The summed E-state index contributed by atoms with van der Waals surface area (Å²) in [5, 5.41) is 13.8. The fourth-order valence-corrected chi connectivity index (χ4v) is 3.46. The minimum atomic E-state index is -1.09. The lowest BCUT2D eigenvalue weighted by Gasteiger charge is -2.14. The third-order valence-electron chi connectivity index (χ3n) is 4.94. The standard InChI is InChI=1S/C22H24N2O5/c1-14(21(26)27)24-20(25)11-6-12-23-22(28)29-13-19-17-9-4-2-7-15(17)16-8-3-5-10-18(16)19/h2-5,7-10,14,19H,6,11-13H2,1H3,(H,23,28)(H,24,25)(H,26,27)/t14-/m1/s1. The summed E-state index contributed by atoms with van der Waals surface area (Å²) in [4.78, 5) is 34.3. The van der Waals surface area contributed by atoms with Crippen molar-refractivity contribution in [2.45, 2.75) is 31.7 Å². The zero-order chi connectivity index (χ0) is 20.8. The van der Waals surface area contributed by atoms with E-state index in [-0.39, 0.29) is 31.4 Å². The van der Waals surface area contributed by atoms with Crippen LogP contribution >= 0.6 is 0 Å². The van der Waals surface area contributed by atoms with E-state index in [0.29, 0.717) is 6.42 Å². The Morgan fingerprint density at radius 2 is 1.62 bits per heavy atom. The van der Waals surface area contributed by atoms with Crippen LogP contribution in [0.5, 0.6) is 0 Å². The Bertz CT molecular complexity index is 866. The van der Waals surface area contributed by atoms with E-state index in [2.05, 4.69) is 34.9 Å². The van der Waals surface area contributed by atoms with Crippen molar-refractivity contribution in [1.82, 2.24) is 10.6 Å². The van der Waals surface area contributed by atoms with E-state index in [9.17, 15) is 14.4 Å². The molecule has 1 atom stereocenters. The van der Waals surface area contributed by atoms with Gasteiger partial charge < -0.3 is 20.5 Å². The van der Waals surface area contributed by atoms with Gasteiger partial charge in [-0.25, -0.2) is 4.79 Å². The molecule has 2 aromatic rings. The molecule has 0 heterocycles. The van der Waals surface area contributed by atoms with E-state index in [1.165, 1.54) is 18.1 Å². The number of alkyl carbamates (subject to hydrolysis) is 1. The highest BCUT2D eigenvalue weighted by molar-refractivity contribution is 5.83. The molecule has 2 amide bonds. The van der Waals surface area contributed by atoms with Crippen LogP contribution in [0.2, 0.25) is 0 Å². The van der Waals surface area contributed by atoms with Crippen molar-refractivity contribution in [3.8, 4) is 11.1 Å². The Labute approximate surface area is 169 Å². The summed E-state index contributed by atoms with van der Waals surface area (Å²) >= 11 is 0. The number of fused-ring (bicyclic) bond motifs is 3. The molecule has 7 nitrogen and oxygen atoms in total. The van der Waals surface area contributed by atoms with Gasteiger partial charge in [0, 0.05) is 18.9 Å². The predicted octanol–water partition coefficient (Wildman–Crippen LogP) is 2.89. The number of hydrogen-bond acceptors (Lipinski definition) is 4. The summed E-state index contributed by atoms with van der Waals surface area (Å²) in [6.45, 7) is 1.90. The van der Waals surface area contributed by atoms with Gasteiger partial charge in [-0.3, -0.25) is 9.59 Å². The smallest absolute Gasteiger partial charge is 0.407 e. The SMILES string of the molecule is C[C@@H](NC(=O)CCCNC(=O)OCC1c2ccccc2-c2ccccc21)C(=O)O. The highest BCUT2D eigenvalue weighted by Crippen LogP contribution is 2.44. The van der Waals surface area contributed by atoms with Gasteiger partial charge in [0.2, 0.25) is 5.91 Å². The Morgan fingerprint density at radius 1 is 1.03 bits per heavy atom. The molecule has 0 spiro atoms. The van der Waals surface area contributed by atoms with Gasteiger partial charge in [0.25, 0.3) is 0 Å². The monoisotopic (exact) mass is 396 g/mol. The molecule has 1 aliphatic rings. The summed E-state index contributed by atoms with van der Waals surface area (Å²) in [6.07, 6.45) is -0.0184. The molecule has 0 aliphatic heterocycles. The van der Waals surface area contributed by atoms with Crippen LogP contribution in [0.3, 0.4) is 0 Å². The second-order valence-corrected chi connectivity index (χ2v) is 6.98. The second kappa shape index (κ2) is 9.23. The lowest BCUT2D eigenvalue weighted by molar-refractivity contribution is -0.141. The Balaban J connectivity index is 1.45. The van der Waals surface area contributed by atoms with Crippen LogP contribution in [0.25, 0.3) is 11.1 Å². The average molecular weight is 396 g/mol. The Kier molecular flexibility index (Phi) is 6.49. The van der Waals surface area contributed by atoms with Crippen LogP contribution in [0, 0.1) is 0 Å². The quantitative estimate of drug-likeness (QED) is 0.595. The average Bonchev–Trinajstić information content (AvgIpc) is 3.03. The molecule has 0 saturated carbocycles. The number of rotatable bonds is 8. The molecule has 3 rings (SSSR count). The zero-order valence-corrected chi connectivity index (χ0v) is 16.2. The van der Waals surface area contributed by atoms with Crippen molar-refractivity contribution in [1.29, 1.82) is 0 Å². The molecule has 0 saturated heterocycles. The lowest BCUT2D eigenvalue weighted by atomic mass is 9.98. The van der Waals surface area contributed by atoms with Gasteiger partial charge in [-0.05, 0) is 35.6 Å². The molecule has 3 N–H and O–H groups in total. The minimum Gasteiger partial charge on any atom is -0.480 e. The fourth-order valence-electron chi connectivity index (χ4n) is 3.46. The number of carboxylic acids is 1. The maximum atomic E-state index is 12.0. The van der Waals surface area contributed by atoms with Gasteiger partial charge in [0.1, 0.15) is 12.6 Å². The molecule has 0 bridgehead atoms. The van der Waals surface area contributed by atoms with Crippen molar-refractivity contribution >= 4 is 18.0 Å². The molecule has 1 aliphatic carbocycles. The first kappa shape index (κ1) is 20.4. The molecule has 0 fully saturated rings. The highest BCUT2D eigenvalue weighted by atomic mass is 16.5. The zero-order valence-electron chi connectivity index (χ0n) is 16.2. The van der Waals surface area contributed by atoms with Gasteiger partial charge in [-0.1, -0.05) is 48.5 Å². The predicted molar refractivity (Wildman–Crippen MR) is 108 cm³/mol. The van der Waals surface area contributed by atoms with Crippen molar-refractivity contribution in [3.63, 3.8) is 0 Å². The molecule has 0 aromatic heterocycles. The van der Waals surface area contributed by atoms with E-state index < -0.39 is 18.1 Å². The van der Waals surface area contributed by atoms with Crippen molar-refractivity contribution in [3.05, 3.63) is 59.7 Å². The summed E-state index contributed by atoms with van der Waals surface area (Å²) in [6, 6.07) is 15.3. The normalized spacial score (nSPS) is 13.1.